The zero-order valence-electron chi connectivity index (χ0n) is 12.1. The quantitative estimate of drug-likeness (QED) is 0.786. The Kier molecular flexibility index (Phi) is 2.90. The lowest BCUT2D eigenvalue weighted by Crippen LogP contribution is -2.24. The van der Waals surface area contributed by atoms with Crippen molar-refractivity contribution in [2.45, 2.75) is 13.1 Å². The van der Waals surface area contributed by atoms with Crippen molar-refractivity contribution in [1.29, 1.82) is 0 Å². The standard InChI is InChI=1S/C17H13N3O3/c21-16-9-14-15-8-13(11-4-2-1-3-5-11)18-20(15)7-6-19(14)10-12(16)17(22)23/h1-5,8-10H,6-7H2,(H,22,23). The zero-order chi connectivity index (χ0) is 16.0. The third kappa shape index (κ3) is 2.15. The number of carboxylic acids is 1. The number of pyridine rings is 1. The molecular formula is C17H13N3O3. The van der Waals surface area contributed by atoms with Crippen LogP contribution in [0.2, 0.25) is 0 Å². The molecule has 6 heteroatoms. The van der Waals surface area contributed by atoms with E-state index in [0.29, 0.717) is 18.8 Å². The zero-order valence-corrected chi connectivity index (χ0v) is 12.1. The molecule has 0 saturated heterocycles. The van der Waals surface area contributed by atoms with Gasteiger partial charge in [0.25, 0.3) is 0 Å². The molecule has 0 aliphatic carbocycles. The predicted molar refractivity (Wildman–Crippen MR) is 84.3 cm³/mol. The van der Waals surface area contributed by atoms with E-state index in [1.54, 1.807) is 4.57 Å². The molecule has 0 saturated carbocycles. The number of benzene rings is 1. The smallest absolute Gasteiger partial charge is 0.341 e. The van der Waals surface area contributed by atoms with Crippen LogP contribution in [0, 0.1) is 0 Å². The molecule has 0 bridgehead atoms. The van der Waals surface area contributed by atoms with Crippen LogP contribution < -0.4 is 5.43 Å². The molecule has 1 aliphatic heterocycles. The van der Waals surface area contributed by atoms with Crippen LogP contribution in [-0.4, -0.2) is 25.4 Å². The minimum atomic E-state index is -1.20. The number of carbonyl (C=O) groups is 1. The van der Waals surface area contributed by atoms with E-state index in [1.165, 1.54) is 12.3 Å². The van der Waals surface area contributed by atoms with Gasteiger partial charge in [0.05, 0.1) is 23.6 Å². The highest BCUT2D eigenvalue weighted by molar-refractivity contribution is 5.87. The maximum atomic E-state index is 12.0. The van der Waals surface area contributed by atoms with Gasteiger partial charge >= 0.3 is 5.97 Å². The molecule has 23 heavy (non-hydrogen) atoms. The molecule has 3 heterocycles. The number of nitrogens with zero attached hydrogens (tertiary/aromatic N) is 3. The van der Waals surface area contributed by atoms with Gasteiger partial charge in [0.1, 0.15) is 5.56 Å². The fourth-order valence-electron chi connectivity index (χ4n) is 2.89. The van der Waals surface area contributed by atoms with E-state index in [9.17, 15) is 9.59 Å². The van der Waals surface area contributed by atoms with E-state index < -0.39 is 11.4 Å². The number of fused-ring (bicyclic) bond motifs is 3. The van der Waals surface area contributed by atoms with Gasteiger partial charge in [-0.3, -0.25) is 9.48 Å². The Morgan fingerprint density at radius 3 is 2.61 bits per heavy atom. The third-order valence-electron chi connectivity index (χ3n) is 4.02. The van der Waals surface area contributed by atoms with E-state index in [2.05, 4.69) is 5.10 Å². The van der Waals surface area contributed by atoms with Crippen LogP contribution in [0.15, 0.2) is 53.5 Å². The average molecular weight is 307 g/mol. The van der Waals surface area contributed by atoms with Gasteiger partial charge < -0.3 is 9.67 Å². The highest BCUT2D eigenvalue weighted by Crippen LogP contribution is 2.28. The minimum absolute atomic E-state index is 0.204. The van der Waals surface area contributed by atoms with E-state index in [1.807, 2.05) is 41.1 Å². The molecule has 1 aliphatic rings. The highest BCUT2D eigenvalue weighted by Gasteiger charge is 2.21. The Morgan fingerprint density at radius 2 is 1.87 bits per heavy atom. The normalized spacial score (nSPS) is 12.5. The van der Waals surface area contributed by atoms with Crippen molar-refractivity contribution in [1.82, 2.24) is 14.3 Å². The fraction of sp³-hybridized carbons (Fsp3) is 0.118. The number of aromatic carboxylic acids is 1. The lowest BCUT2D eigenvalue weighted by molar-refractivity contribution is 0.0694. The molecule has 2 aromatic heterocycles. The molecular weight excluding hydrogens is 294 g/mol. The molecule has 3 aromatic rings. The van der Waals surface area contributed by atoms with Crippen molar-refractivity contribution in [3.63, 3.8) is 0 Å². The van der Waals surface area contributed by atoms with Crippen molar-refractivity contribution in [3.8, 4) is 22.6 Å². The molecule has 0 radical (unpaired) electrons. The van der Waals surface area contributed by atoms with Crippen LogP contribution in [0.3, 0.4) is 0 Å². The summed E-state index contributed by atoms with van der Waals surface area (Å²) < 4.78 is 3.66. The molecule has 6 nitrogen and oxygen atoms in total. The average Bonchev–Trinajstić information content (AvgIpc) is 2.99. The number of carboxylic acid groups (broad SMARTS) is 1. The van der Waals surface area contributed by atoms with Crippen LogP contribution in [0.4, 0.5) is 0 Å². The van der Waals surface area contributed by atoms with Gasteiger partial charge in [-0.1, -0.05) is 30.3 Å². The first-order valence-corrected chi connectivity index (χ1v) is 7.25. The van der Waals surface area contributed by atoms with Crippen molar-refractivity contribution in [3.05, 3.63) is 64.4 Å². The molecule has 1 aromatic carbocycles. The molecule has 0 amide bonds. The molecule has 4 rings (SSSR count). The van der Waals surface area contributed by atoms with Crippen molar-refractivity contribution >= 4 is 5.97 Å². The van der Waals surface area contributed by atoms with Gasteiger partial charge in [-0.05, 0) is 6.07 Å². The fourth-order valence-corrected chi connectivity index (χ4v) is 2.89. The number of hydrogen-bond donors (Lipinski definition) is 1. The Labute approximate surface area is 131 Å². The Balaban J connectivity index is 1.87. The van der Waals surface area contributed by atoms with Gasteiger partial charge in [0.15, 0.2) is 5.43 Å². The van der Waals surface area contributed by atoms with E-state index in [4.69, 9.17) is 5.11 Å². The summed E-state index contributed by atoms with van der Waals surface area (Å²) in [6, 6.07) is 13.1. The van der Waals surface area contributed by atoms with E-state index >= 15 is 0 Å². The number of hydrogen-bond acceptors (Lipinski definition) is 3. The first-order chi connectivity index (χ1) is 11.1. The second-order valence-corrected chi connectivity index (χ2v) is 5.44. The van der Waals surface area contributed by atoms with E-state index in [0.717, 1.165) is 17.0 Å². The second-order valence-electron chi connectivity index (χ2n) is 5.44. The van der Waals surface area contributed by atoms with Crippen LogP contribution in [-0.2, 0) is 13.1 Å². The first kappa shape index (κ1) is 13.5. The van der Waals surface area contributed by atoms with Crippen LogP contribution in [0.25, 0.3) is 22.6 Å². The summed E-state index contributed by atoms with van der Waals surface area (Å²) in [6.07, 6.45) is 1.42. The van der Waals surface area contributed by atoms with Crippen LogP contribution >= 0.6 is 0 Å². The topological polar surface area (TPSA) is 77.1 Å². The third-order valence-corrected chi connectivity index (χ3v) is 4.02. The van der Waals surface area contributed by atoms with Gasteiger partial charge in [-0.25, -0.2) is 4.79 Å². The molecule has 1 N–H and O–H groups in total. The highest BCUT2D eigenvalue weighted by atomic mass is 16.4. The molecule has 0 spiro atoms. The summed E-state index contributed by atoms with van der Waals surface area (Å²) in [4.78, 5) is 23.1. The summed E-state index contributed by atoms with van der Waals surface area (Å²) >= 11 is 0. The number of rotatable bonds is 2. The minimum Gasteiger partial charge on any atom is -0.477 e. The SMILES string of the molecule is O=C(O)c1cn2c(cc1=O)-c1cc(-c3ccccc3)nn1CC2. The van der Waals surface area contributed by atoms with Crippen molar-refractivity contribution < 1.29 is 9.90 Å². The van der Waals surface area contributed by atoms with Crippen molar-refractivity contribution in [2.24, 2.45) is 0 Å². The van der Waals surface area contributed by atoms with Crippen molar-refractivity contribution in [2.75, 3.05) is 0 Å². The Morgan fingerprint density at radius 1 is 1.09 bits per heavy atom. The van der Waals surface area contributed by atoms with Crippen LogP contribution in [0.5, 0.6) is 0 Å². The summed E-state index contributed by atoms with van der Waals surface area (Å²) in [5, 5.41) is 13.7. The second kappa shape index (κ2) is 4.95. The Bertz CT molecular complexity index is 970. The lowest BCUT2D eigenvalue weighted by atomic mass is 10.1. The summed E-state index contributed by atoms with van der Waals surface area (Å²) in [6.45, 7) is 1.22. The molecule has 0 unspecified atom stereocenters. The summed E-state index contributed by atoms with van der Waals surface area (Å²) in [7, 11) is 0. The molecule has 0 atom stereocenters. The first-order valence-electron chi connectivity index (χ1n) is 7.25. The van der Waals surface area contributed by atoms with Crippen LogP contribution in [0.1, 0.15) is 10.4 Å². The summed E-state index contributed by atoms with van der Waals surface area (Å²) in [5.41, 5.74) is 2.67. The molecule has 0 fully saturated rings. The van der Waals surface area contributed by atoms with Gasteiger partial charge in [-0.2, -0.15) is 5.10 Å². The number of aromatic nitrogens is 3. The van der Waals surface area contributed by atoms with E-state index in [-0.39, 0.29) is 5.56 Å². The maximum absolute atomic E-state index is 12.0. The lowest BCUT2D eigenvalue weighted by Gasteiger charge is -2.20. The summed E-state index contributed by atoms with van der Waals surface area (Å²) in [5.74, 6) is -1.20. The monoisotopic (exact) mass is 307 g/mol. The Hall–Kier alpha value is -3.15. The predicted octanol–water partition coefficient (Wildman–Crippen LogP) is 2.09. The number of aryl methyl sites for hydroxylation is 2. The largest absolute Gasteiger partial charge is 0.477 e. The molecule has 114 valence electrons. The van der Waals surface area contributed by atoms with Gasteiger partial charge in [0, 0.05) is 24.4 Å². The maximum Gasteiger partial charge on any atom is 0.341 e. The van der Waals surface area contributed by atoms with Gasteiger partial charge in [-0.15, -0.1) is 0 Å². The van der Waals surface area contributed by atoms with Gasteiger partial charge in [0.2, 0.25) is 0 Å².